The summed E-state index contributed by atoms with van der Waals surface area (Å²) in [7, 11) is 0. The lowest BCUT2D eigenvalue weighted by Gasteiger charge is -2.12. The van der Waals surface area contributed by atoms with Crippen molar-refractivity contribution in [2.24, 2.45) is 5.73 Å². The van der Waals surface area contributed by atoms with Gasteiger partial charge in [0, 0.05) is 4.47 Å². The molecule has 0 fully saturated rings. The maximum absolute atomic E-state index is 11.9. The van der Waals surface area contributed by atoms with Crippen LogP contribution in [-0.2, 0) is 11.2 Å². The monoisotopic (exact) mass is 354 g/mol. The first-order chi connectivity index (χ1) is 9.31. The van der Waals surface area contributed by atoms with Gasteiger partial charge in [0.05, 0.1) is 0 Å². The molecule has 0 spiro atoms. The summed E-state index contributed by atoms with van der Waals surface area (Å²) in [5.74, 6) is -0.398. The first-order valence-corrected chi connectivity index (χ1v) is 6.56. The van der Waals surface area contributed by atoms with Crippen LogP contribution in [0, 0.1) is 0 Å². The van der Waals surface area contributed by atoms with Crippen molar-refractivity contribution in [3.05, 3.63) is 28.2 Å². The van der Waals surface area contributed by atoms with Crippen LogP contribution in [-0.4, -0.2) is 31.8 Å². The molecule has 3 N–H and O–H groups in total. The summed E-state index contributed by atoms with van der Waals surface area (Å²) in [6, 6.07) is 5.13. The van der Waals surface area contributed by atoms with Gasteiger partial charge in [-0.2, -0.15) is 13.2 Å². The fourth-order valence-corrected chi connectivity index (χ4v) is 1.84. The van der Waals surface area contributed by atoms with Gasteiger partial charge in [-0.15, -0.1) is 0 Å². The van der Waals surface area contributed by atoms with Crippen molar-refractivity contribution in [1.82, 2.24) is 5.32 Å². The lowest BCUT2D eigenvalue weighted by atomic mass is 10.1. The highest BCUT2D eigenvalue weighted by molar-refractivity contribution is 9.10. The molecule has 1 aromatic rings. The lowest BCUT2D eigenvalue weighted by molar-refractivity contribution is -0.139. The molecule has 0 aromatic heterocycles. The molecule has 0 unspecified atom stereocenters. The van der Waals surface area contributed by atoms with Crippen LogP contribution in [0.3, 0.4) is 0 Å². The van der Waals surface area contributed by atoms with Crippen molar-refractivity contribution in [3.63, 3.8) is 0 Å². The van der Waals surface area contributed by atoms with E-state index in [1.165, 1.54) is 0 Å². The minimum Gasteiger partial charge on any atom is -0.483 e. The van der Waals surface area contributed by atoms with Crippen LogP contribution in [0.1, 0.15) is 5.56 Å². The minimum atomic E-state index is -4.43. The highest BCUT2D eigenvalue weighted by atomic mass is 79.9. The molecule has 0 radical (unpaired) electrons. The van der Waals surface area contributed by atoms with Crippen LogP contribution in [0.25, 0.3) is 0 Å². The summed E-state index contributed by atoms with van der Waals surface area (Å²) in [5, 5.41) is 1.73. The van der Waals surface area contributed by atoms with Gasteiger partial charge in [-0.25, -0.2) is 0 Å². The normalized spacial score (nSPS) is 11.2. The van der Waals surface area contributed by atoms with E-state index >= 15 is 0 Å². The van der Waals surface area contributed by atoms with Gasteiger partial charge >= 0.3 is 6.18 Å². The fraction of sp³-hybridized carbons (Fsp3) is 0.417. The first-order valence-electron chi connectivity index (χ1n) is 5.76. The molecular formula is C12H14BrF3N2O2. The van der Waals surface area contributed by atoms with Gasteiger partial charge in [-0.3, -0.25) is 4.79 Å². The Balaban J connectivity index is 2.54. The lowest BCUT2D eigenvalue weighted by Crippen LogP contribution is -2.36. The van der Waals surface area contributed by atoms with Crippen molar-refractivity contribution in [3.8, 4) is 5.75 Å². The number of hydrogen-bond acceptors (Lipinski definition) is 3. The maximum atomic E-state index is 11.9. The van der Waals surface area contributed by atoms with E-state index < -0.39 is 25.2 Å². The molecule has 0 atom stereocenters. The summed E-state index contributed by atoms with van der Waals surface area (Å²) >= 11 is 3.29. The quantitative estimate of drug-likeness (QED) is 0.821. The minimum absolute atomic E-state index is 0.396. The number of hydrogen-bond donors (Lipinski definition) is 2. The number of nitrogens with two attached hydrogens (primary N) is 1. The zero-order valence-corrected chi connectivity index (χ0v) is 12.1. The third kappa shape index (κ3) is 6.25. The van der Waals surface area contributed by atoms with Crippen molar-refractivity contribution in [2.75, 3.05) is 19.7 Å². The molecule has 1 amide bonds. The van der Waals surface area contributed by atoms with Gasteiger partial charge in [-0.05, 0) is 36.7 Å². The smallest absolute Gasteiger partial charge is 0.405 e. The molecular weight excluding hydrogens is 341 g/mol. The van der Waals surface area contributed by atoms with Crippen LogP contribution >= 0.6 is 15.9 Å². The van der Waals surface area contributed by atoms with Crippen LogP contribution in [0.15, 0.2) is 22.7 Å². The van der Waals surface area contributed by atoms with Gasteiger partial charge in [0.1, 0.15) is 12.3 Å². The van der Waals surface area contributed by atoms with Gasteiger partial charge in [0.2, 0.25) is 0 Å². The van der Waals surface area contributed by atoms with Crippen molar-refractivity contribution >= 4 is 21.8 Å². The summed E-state index contributed by atoms with van der Waals surface area (Å²) in [4.78, 5) is 11.2. The Morgan fingerprint density at radius 3 is 2.70 bits per heavy atom. The fourth-order valence-electron chi connectivity index (χ4n) is 1.43. The van der Waals surface area contributed by atoms with E-state index in [9.17, 15) is 18.0 Å². The number of amides is 1. The number of rotatable bonds is 6. The Morgan fingerprint density at radius 2 is 2.10 bits per heavy atom. The molecule has 1 rings (SSSR count). The Bertz CT molecular complexity index is 467. The summed E-state index contributed by atoms with van der Waals surface area (Å²) in [6.07, 6.45) is -3.89. The van der Waals surface area contributed by atoms with E-state index in [-0.39, 0.29) is 0 Å². The van der Waals surface area contributed by atoms with Gasteiger partial charge < -0.3 is 15.8 Å². The van der Waals surface area contributed by atoms with Gasteiger partial charge in [-0.1, -0.05) is 15.9 Å². The summed E-state index contributed by atoms with van der Waals surface area (Å²) in [6.45, 7) is -1.45. The third-order valence-electron chi connectivity index (χ3n) is 2.28. The first kappa shape index (κ1) is 16.8. The van der Waals surface area contributed by atoms with E-state index in [0.29, 0.717) is 18.7 Å². The molecule has 0 heterocycles. The molecule has 0 aliphatic heterocycles. The zero-order chi connectivity index (χ0) is 15.2. The number of ether oxygens (including phenoxy) is 1. The standard InChI is InChI=1S/C12H14BrF3N2O2/c13-9-1-2-10(8(5-9)3-4-17)20-6-11(19)18-7-12(14,15)16/h1-2,5H,3-4,6-7,17H2,(H,18,19). The Kier molecular flexibility index (Phi) is 6.28. The number of alkyl halides is 3. The molecule has 0 aliphatic rings. The topological polar surface area (TPSA) is 64.3 Å². The molecule has 4 nitrogen and oxygen atoms in total. The third-order valence-corrected chi connectivity index (χ3v) is 2.77. The number of benzene rings is 1. The molecule has 8 heteroatoms. The molecule has 1 aromatic carbocycles. The van der Waals surface area contributed by atoms with E-state index in [0.717, 1.165) is 10.0 Å². The highest BCUT2D eigenvalue weighted by Gasteiger charge is 2.27. The molecule has 0 saturated carbocycles. The average Bonchev–Trinajstić information content (AvgIpc) is 2.35. The molecule has 112 valence electrons. The van der Waals surface area contributed by atoms with E-state index in [1.807, 2.05) is 0 Å². The Morgan fingerprint density at radius 1 is 1.40 bits per heavy atom. The second-order valence-corrected chi connectivity index (χ2v) is 4.89. The second-order valence-electron chi connectivity index (χ2n) is 3.97. The van der Waals surface area contributed by atoms with Crippen molar-refractivity contribution in [1.29, 1.82) is 0 Å². The predicted octanol–water partition coefficient (Wildman–Crippen LogP) is 2.01. The zero-order valence-electron chi connectivity index (χ0n) is 10.5. The molecule has 0 saturated heterocycles. The van der Waals surface area contributed by atoms with Crippen LogP contribution in [0.4, 0.5) is 13.2 Å². The summed E-state index contributed by atoms with van der Waals surface area (Å²) < 4.78 is 41.8. The largest absolute Gasteiger partial charge is 0.483 e. The maximum Gasteiger partial charge on any atom is 0.405 e. The molecule has 20 heavy (non-hydrogen) atoms. The van der Waals surface area contributed by atoms with Crippen LogP contribution < -0.4 is 15.8 Å². The molecule has 0 bridgehead atoms. The van der Waals surface area contributed by atoms with Crippen LogP contribution in [0.5, 0.6) is 5.75 Å². The number of carbonyl (C=O) groups is 1. The Labute approximate surface area is 122 Å². The SMILES string of the molecule is NCCc1cc(Br)ccc1OCC(=O)NCC(F)(F)F. The number of nitrogens with one attached hydrogen (secondary N) is 1. The van der Waals surface area contributed by atoms with E-state index in [1.54, 1.807) is 23.5 Å². The predicted molar refractivity (Wildman–Crippen MR) is 71.5 cm³/mol. The van der Waals surface area contributed by atoms with Crippen molar-refractivity contribution < 1.29 is 22.7 Å². The van der Waals surface area contributed by atoms with Crippen LogP contribution in [0.2, 0.25) is 0 Å². The highest BCUT2D eigenvalue weighted by Crippen LogP contribution is 2.23. The van der Waals surface area contributed by atoms with Gasteiger partial charge in [0.15, 0.2) is 6.61 Å². The second kappa shape index (κ2) is 7.49. The number of carbonyl (C=O) groups excluding carboxylic acids is 1. The van der Waals surface area contributed by atoms with E-state index in [2.05, 4.69) is 15.9 Å². The number of halogens is 4. The van der Waals surface area contributed by atoms with E-state index in [4.69, 9.17) is 10.5 Å². The van der Waals surface area contributed by atoms with Gasteiger partial charge in [0.25, 0.3) is 5.91 Å². The average molecular weight is 355 g/mol. The Hall–Kier alpha value is -1.28. The summed E-state index contributed by atoms with van der Waals surface area (Å²) in [5.41, 5.74) is 6.24. The van der Waals surface area contributed by atoms with Crippen molar-refractivity contribution in [2.45, 2.75) is 12.6 Å². The molecule has 0 aliphatic carbocycles.